The van der Waals surface area contributed by atoms with Crippen molar-refractivity contribution in [3.8, 4) is 16.9 Å². The second kappa shape index (κ2) is 9.31. The number of benzene rings is 3. The maximum absolute atomic E-state index is 12.9. The van der Waals surface area contributed by atoms with Crippen LogP contribution in [0.3, 0.4) is 0 Å². The zero-order valence-electron chi connectivity index (χ0n) is 19.6. The van der Waals surface area contributed by atoms with E-state index < -0.39 is 4.92 Å². The van der Waals surface area contributed by atoms with Gasteiger partial charge in [-0.2, -0.15) is 0 Å². The summed E-state index contributed by atoms with van der Waals surface area (Å²) in [6.07, 6.45) is 1.05. The van der Waals surface area contributed by atoms with E-state index in [-0.39, 0.29) is 35.7 Å². The van der Waals surface area contributed by atoms with Gasteiger partial charge in [0, 0.05) is 25.2 Å². The lowest BCUT2D eigenvalue weighted by Crippen LogP contribution is -2.32. The third-order valence-corrected chi connectivity index (χ3v) is 6.51. The van der Waals surface area contributed by atoms with Crippen LogP contribution in [0, 0.1) is 10.1 Å². The molecule has 3 aromatic carbocycles. The van der Waals surface area contributed by atoms with Crippen LogP contribution in [-0.4, -0.2) is 47.9 Å². The topological polar surface area (TPSA) is 140 Å². The SMILES string of the molecule is COc1cc(-c2ccc3c(c2)Nc2cc(CC(=O)N4CCC(N)C4)ccc2NC3=O)ccc1[N+](=O)[O-]. The molecule has 5 rings (SSSR count). The number of rotatable bonds is 5. The highest BCUT2D eigenvalue weighted by atomic mass is 16.6. The smallest absolute Gasteiger partial charge is 0.310 e. The van der Waals surface area contributed by atoms with E-state index in [2.05, 4.69) is 10.6 Å². The Balaban J connectivity index is 1.44. The van der Waals surface area contributed by atoms with E-state index in [1.54, 1.807) is 35.2 Å². The molecule has 0 radical (unpaired) electrons. The summed E-state index contributed by atoms with van der Waals surface area (Å²) in [5, 5.41) is 17.5. The third-order valence-electron chi connectivity index (χ3n) is 6.51. The highest BCUT2D eigenvalue weighted by molar-refractivity contribution is 6.12. The van der Waals surface area contributed by atoms with E-state index in [9.17, 15) is 19.7 Å². The summed E-state index contributed by atoms with van der Waals surface area (Å²) in [5.41, 5.74) is 10.4. The number of nitro groups is 1. The second-order valence-electron chi connectivity index (χ2n) is 8.93. The number of nitrogens with one attached hydrogen (secondary N) is 2. The van der Waals surface area contributed by atoms with Crippen LogP contribution in [0.5, 0.6) is 5.75 Å². The number of anilines is 3. The van der Waals surface area contributed by atoms with Gasteiger partial charge in [-0.05, 0) is 59.5 Å². The number of likely N-dealkylation sites (tertiary alicyclic amines) is 1. The lowest BCUT2D eigenvalue weighted by Gasteiger charge is -2.17. The van der Waals surface area contributed by atoms with Gasteiger partial charge >= 0.3 is 5.69 Å². The Morgan fingerprint density at radius 3 is 2.58 bits per heavy atom. The molecule has 2 aliphatic heterocycles. The van der Waals surface area contributed by atoms with Crippen LogP contribution < -0.4 is 21.1 Å². The fraction of sp³-hybridized carbons (Fsp3) is 0.231. The monoisotopic (exact) mass is 487 g/mol. The first kappa shape index (κ1) is 23.3. The van der Waals surface area contributed by atoms with Crippen LogP contribution >= 0.6 is 0 Å². The molecular weight excluding hydrogens is 462 g/mol. The molecule has 10 heteroatoms. The van der Waals surface area contributed by atoms with E-state index in [0.717, 1.165) is 17.5 Å². The molecule has 10 nitrogen and oxygen atoms in total. The van der Waals surface area contributed by atoms with Gasteiger partial charge in [0.2, 0.25) is 5.91 Å². The van der Waals surface area contributed by atoms with E-state index in [1.807, 2.05) is 18.2 Å². The van der Waals surface area contributed by atoms with Crippen molar-refractivity contribution < 1.29 is 19.2 Å². The number of nitro benzene ring substituents is 1. The molecule has 4 N–H and O–H groups in total. The molecule has 1 fully saturated rings. The summed E-state index contributed by atoms with van der Waals surface area (Å²) in [6.45, 7) is 1.24. The van der Waals surface area contributed by atoms with Crippen LogP contribution in [-0.2, 0) is 11.2 Å². The Kier molecular flexibility index (Phi) is 6.03. The summed E-state index contributed by atoms with van der Waals surface area (Å²) < 4.78 is 5.19. The summed E-state index contributed by atoms with van der Waals surface area (Å²) in [4.78, 5) is 38.1. The molecule has 2 heterocycles. The lowest BCUT2D eigenvalue weighted by molar-refractivity contribution is -0.385. The van der Waals surface area contributed by atoms with Crippen molar-refractivity contribution in [2.75, 3.05) is 30.8 Å². The number of hydrogen-bond acceptors (Lipinski definition) is 7. The molecule has 0 bridgehead atoms. The van der Waals surface area contributed by atoms with E-state index in [4.69, 9.17) is 10.5 Å². The van der Waals surface area contributed by atoms with Gasteiger partial charge in [0.1, 0.15) is 0 Å². The minimum absolute atomic E-state index is 0.0235. The van der Waals surface area contributed by atoms with Gasteiger partial charge in [0.15, 0.2) is 5.75 Å². The Morgan fingerprint density at radius 1 is 1.08 bits per heavy atom. The molecule has 1 atom stereocenters. The average molecular weight is 488 g/mol. The Morgan fingerprint density at radius 2 is 1.86 bits per heavy atom. The molecule has 2 amide bonds. The average Bonchev–Trinajstić information content (AvgIpc) is 3.25. The van der Waals surface area contributed by atoms with Gasteiger partial charge in [-0.1, -0.05) is 12.1 Å². The molecule has 0 aromatic heterocycles. The number of fused-ring (bicyclic) bond motifs is 2. The predicted octanol–water partition coefficient (Wildman–Crippen LogP) is 3.68. The third kappa shape index (κ3) is 4.46. The first-order valence-corrected chi connectivity index (χ1v) is 11.5. The first-order valence-electron chi connectivity index (χ1n) is 11.5. The minimum atomic E-state index is -0.497. The van der Waals surface area contributed by atoms with Crippen molar-refractivity contribution in [1.82, 2.24) is 4.90 Å². The molecule has 1 unspecified atom stereocenters. The zero-order valence-corrected chi connectivity index (χ0v) is 19.6. The molecule has 3 aromatic rings. The van der Waals surface area contributed by atoms with Crippen molar-refractivity contribution in [3.63, 3.8) is 0 Å². The zero-order chi connectivity index (χ0) is 25.4. The summed E-state index contributed by atoms with van der Waals surface area (Å²) in [5.74, 6) is -0.0916. The second-order valence-corrected chi connectivity index (χ2v) is 8.93. The molecule has 0 aliphatic carbocycles. The minimum Gasteiger partial charge on any atom is -0.490 e. The molecule has 36 heavy (non-hydrogen) atoms. The number of nitrogens with two attached hydrogens (primary N) is 1. The quantitative estimate of drug-likeness (QED) is 0.368. The van der Waals surface area contributed by atoms with Crippen molar-refractivity contribution in [1.29, 1.82) is 0 Å². The number of hydrogen-bond donors (Lipinski definition) is 3. The van der Waals surface area contributed by atoms with Gasteiger partial charge < -0.3 is 26.0 Å². The predicted molar refractivity (Wildman–Crippen MR) is 136 cm³/mol. The van der Waals surface area contributed by atoms with Crippen LogP contribution in [0.2, 0.25) is 0 Å². The Bertz CT molecular complexity index is 1390. The normalized spacial score (nSPS) is 16.3. The highest BCUT2D eigenvalue weighted by Gasteiger charge is 2.25. The van der Waals surface area contributed by atoms with E-state index in [0.29, 0.717) is 41.3 Å². The van der Waals surface area contributed by atoms with Crippen molar-refractivity contribution in [3.05, 3.63) is 75.8 Å². The maximum atomic E-state index is 12.9. The molecule has 0 saturated carbocycles. The first-order chi connectivity index (χ1) is 17.3. The summed E-state index contributed by atoms with van der Waals surface area (Å²) in [7, 11) is 1.38. The lowest BCUT2D eigenvalue weighted by atomic mass is 10.0. The molecular formula is C26H25N5O5. The molecule has 2 aliphatic rings. The van der Waals surface area contributed by atoms with Crippen LogP contribution in [0.15, 0.2) is 54.6 Å². The van der Waals surface area contributed by atoms with E-state index >= 15 is 0 Å². The van der Waals surface area contributed by atoms with Gasteiger partial charge in [0.25, 0.3) is 5.91 Å². The molecule has 1 saturated heterocycles. The van der Waals surface area contributed by atoms with Crippen LogP contribution in [0.1, 0.15) is 22.3 Å². The van der Waals surface area contributed by atoms with Gasteiger partial charge in [0.05, 0.1) is 41.1 Å². The van der Waals surface area contributed by atoms with Crippen LogP contribution in [0.4, 0.5) is 22.7 Å². The van der Waals surface area contributed by atoms with E-state index in [1.165, 1.54) is 13.2 Å². The molecule has 184 valence electrons. The number of methoxy groups -OCH3 is 1. The van der Waals surface area contributed by atoms with Gasteiger partial charge in [-0.25, -0.2) is 0 Å². The maximum Gasteiger partial charge on any atom is 0.310 e. The fourth-order valence-electron chi connectivity index (χ4n) is 4.58. The standard InChI is InChI=1S/C26H25N5O5/c1-36-24-13-17(4-7-23(24)31(34)35)16-3-5-19-21(12-16)28-22-10-15(2-6-20(22)29-26(19)33)11-25(32)30-9-8-18(27)14-30/h2-7,10,12-13,18,28H,8-9,11,14,27H2,1H3,(H,29,33). The number of carbonyl (C=O) groups excluding carboxylic acids is 2. The fourth-order valence-corrected chi connectivity index (χ4v) is 4.58. The van der Waals surface area contributed by atoms with Crippen molar-refractivity contribution in [2.45, 2.75) is 18.9 Å². The van der Waals surface area contributed by atoms with Crippen molar-refractivity contribution >= 4 is 34.6 Å². The van der Waals surface area contributed by atoms with Gasteiger partial charge in [-0.15, -0.1) is 0 Å². The number of amides is 2. The number of ether oxygens (including phenoxy) is 1. The summed E-state index contributed by atoms with van der Waals surface area (Å²) >= 11 is 0. The Labute approximate surface area is 207 Å². The van der Waals surface area contributed by atoms with Gasteiger partial charge in [-0.3, -0.25) is 19.7 Å². The number of nitrogens with zero attached hydrogens (tertiary/aromatic N) is 2. The Hall–Kier alpha value is -4.44. The molecule has 0 spiro atoms. The van der Waals surface area contributed by atoms with Crippen LogP contribution in [0.25, 0.3) is 11.1 Å². The number of carbonyl (C=O) groups is 2. The largest absolute Gasteiger partial charge is 0.490 e. The summed E-state index contributed by atoms with van der Waals surface area (Å²) in [6, 6.07) is 15.4. The highest BCUT2D eigenvalue weighted by Crippen LogP contribution is 2.37. The van der Waals surface area contributed by atoms with Crippen molar-refractivity contribution in [2.24, 2.45) is 5.73 Å².